The van der Waals surface area contributed by atoms with Crippen molar-refractivity contribution in [3.05, 3.63) is 65.0 Å². The molecule has 1 aliphatic rings. The summed E-state index contributed by atoms with van der Waals surface area (Å²) in [5.74, 6) is -2.39. The number of benzene rings is 2. The molecule has 0 spiro atoms. The SMILES string of the molecule is CCCN(C)C(=O)c1cc(C(=O)N[C@@H](Cc2ccccc2)[C@H](O)[C@H]2CCCN2)c(F)c(N(C)S(C)(=O)=O)c1. The molecule has 38 heavy (non-hydrogen) atoms. The zero-order chi connectivity index (χ0) is 28.0. The highest BCUT2D eigenvalue weighted by atomic mass is 32.2. The lowest BCUT2D eigenvalue weighted by molar-refractivity contribution is 0.0735. The summed E-state index contributed by atoms with van der Waals surface area (Å²) in [4.78, 5) is 28.0. The first-order chi connectivity index (χ1) is 17.9. The van der Waals surface area contributed by atoms with Gasteiger partial charge < -0.3 is 20.6 Å². The maximum absolute atomic E-state index is 15.7. The van der Waals surface area contributed by atoms with Crippen molar-refractivity contribution in [3.63, 3.8) is 0 Å². The van der Waals surface area contributed by atoms with E-state index < -0.39 is 51.1 Å². The van der Waals surface area contributed by atoms with Crippen LogP contribution in [0.1, 0.15) is 52.5 Å². The average molecular weight is 549 g/mol. The molecule has 1 heterocycles. The number of aliphatic hydroxyl groups excluding tert-OH is 1. The van der Waals surface area contributed by atoms with E-state index in [1.807, 2.05) is 37.3 Å². The quantitative estimate of drug-likeness (QED) is 0.396. The molecule has 0 radical (unpaired) electrons. The number of halogens is 1. The molecule has 3 atom stereocenters. The van der Waals surface area contributed by atoms with Crippen molar-refractivity contribution in [2.24, 2.45) is 0 Å². The highest BCUT2D eigenvalue weighted by Gasteiger charge is 2.33. The minimum absolute atomic E-state index is 0.0179. The fourth-order valence-corrected chi connectivity index (χ4v) is 5.11. The number of carbonyl (C=O) groups is 2. The summed E-state index contributed by atoms with van der Waals surface area (Å²) >= 11 is 0. The van der Waals surface area contributed by atoms with Crippen LogP contribution in [0.2, 0.25) is 0 Å². The second-order valence-electron chi connectivity index (χ2n) is 9.78. The van der Waals surface area contributed by atoms with Crippen LogP contribution in [0, 0.1) is 5.82 Å². The van der Waals surface area contributed by atoms with E-state index in [4.69, 9.17) is 0 Å². The molecule has 208 valence electrons. The van der Waals surface area contributed by atoms with E-state index in [0.29, 0.717) is 23.7 Å². The molecule has 2 amide bonds. The van der Waals surface area contributed by atoms with Crippen LogP contribution in [0.5, 0.6) is 0 Å². The van der Waals surface area contributed by atoms with Crippen LogP contribution in [-0.2, 0) is 16.4 Å². The molecular formula is C27H37FN4O5S. The van der Waals surface area contributed by atoms with Crippen molar-refractivity contribution in [2.75, 3.05) is 37.7 Å². The van der Waals surface area contributed by atoms with Crippen molar-refractivity contribution < 1.29 is 27.5 Å². The highest BCUT2D eigenvalue weighted by molar-refractivity contribution is 7.92. The van der Waals surface area contributed by atoms with Crippen LogP contribution in [0.25, 0.3) is 0 Å². The van der Waals surface area contributed by atoms with Gasteiger partial charge in [-0.1, -0.05) is 37.3 Å². The third-order valence-electron chi connectivity index (χ3n) is 6.83. The van der Waals surface area contributed by atoms with Gasteiger partial charge in [0.1, 0.15) is 0 Å². The maximum atomic E-state index is 15.7. The largest absolute Gasteiger partial charge is 0.389 e. The third-order valence-corrected chi connectivity index (χ3v) is 8.02. The van der Waals surface area contributed by atoms with Crippen molar-refractivity contribution in [2.45, 2.75) is 50.8 Å². The monoisotopic (exact) mass is 548 g/mol. The molecular weight excluding hydrogens is 511 g/mol. The molecule has 2 aromatic carbocycles. The molecule has 2 aromatic rings. The third kappa shape index (κ3) is 7.09. The number of nitrogens with one attached hydrogen (secondary N) is 2. The normalized spacial score (nSPS) is 17.1. The van der Waals surface area contributed by atoms with Gasteiger partial charge in [-0.2, -0.15) is 0 Å². The molecule has 3 rings (SSSR count). The Kier molecular flexibility index (Phi) is 9.86. The lowest BCUT2D eigenvalue weighted by atomic mass is 9.95. The van der Waals surface area contributed by atoms with Crippen molar-refractivity contribution in [1.29, 1.82) is 0 Å². The molecule has 1 aliphatic heterocycles. The zero-order valence-corrected chi connectivity index (χ0v) is 23.1. The van der Waals surface area contributed by atoms with Crippen molar-refractivity contribution >= 4 is 27.5 Å². The zero-order valence-electron chi connectivity index (χ0n) is 22.3. The molecule has 1 saturated heterocycles. The van der Waals surface area contributed by atoms with E-state index in [-0.39, 0.29) is 11.6 Å². The molecule has 0 bridgehead atoms. The molecule has 1 fully saturated rings. The number of carbonyl (C=O) groups excluding carboxylic acids is 2. The van der Waals surface area contributed by atoms with Crippen LogP contribution in [-0.4, -0.2) is 81.9 Å². The first kappa shape index (κ1) is 29.5. The number of hydrogen-bond donors (Lipinski definition) is 3. The van der Waals surface area contributed by atoms with Crippen LogP contribution in [0.3, 0.4) is 0 Å². The van der Waals surface area contributed by atoms with Gasteiger partial charge in [0.15, 0.2) is 5.82 Å². The smallest absolute Gasteiger partial charge is 0.254 e. The number of nitrogens with zero attached hydrogens (tertiary/aromatic N) is 2. The van der Waals surface area contributed by atoms with Gasteiger partial charge in [-0.25, -0.2) is 12.8 Å². The summed E-state index contributed by atoms with van der Waals surface area (Å²) in [7, 11) is -1.15. The number of hydrogen-bond acceptors (Lipinski definition) is 6. The van der Waals surface area contributed by atoms with Gasteiger partial charge in [0.25, 0.3) is 11.8 Å². The van der Waals surface area contributed by atoms with Gasteiger partial charge in [-0.05, 0) is 49.9 Å². The summed E-state index contributed by atoms with van der Waals surface area (Å²) < 4.78 is 40.9. The fraction of sp³-hybridized carbons (Fsp3) is 0.481. The molecule has 0 saturated carbocycles. The molecule has 3 N–H and O–H groups in total. The summed E-state index contributed by atoms with van der Waals surface area (Å²) in [6.45, 7) is 3.07. The molecule has 0 unspecified atom stereocenters. The van der Waals surface area contributed by atoms with Crippen molar-refractivity contribution in [1.82, 2.24) is 15.5 Å². The van der Waals surface area contributed by atoms with E-state index in [9.17, 15) is 23.1 Å². The van der Waals surface area contributed by atoms with E-state index in [1.54, 1.807) is 7.05 Å². The number of aliphatic hydroxyl groups is 1. The average Bonchev–Trinajstić information content (AvgIpc) is 3.42. The second-order valence-corrected chi connectivity index (χ2v) is 11.8. The predicted octanol–water partition coefficient (Wildman–Crippen LogP) is 2.16. The fourth-order valence-electron chi connectivity index (χ4n) is 4.62. The van der Waals surface area contributed by atoms with Gasteiger partial charge in [-0.3, -0.25) is 13.9 Å². The Labute approximate surface area is 224 Å². The molecule has 0 aromatic heterocycles. The Balaban J connectivity index is 2.02. The van der Waals surface area contributed by atoms with Crippen LogP contribution in [0.4, 0.5) is 10.1 Å². The first-order valence-electron chi connectivity index (χ1n) is 12.7. The van der Waals surface area contributed by atoms with Gasteiger partial charge in [0.2, 0.25) is 10.0 Å². The summed E-state index contributed by atoms with van der Waals surface area (Å²) in [6, 6.07) is 10.6. The molecule has 0 aliphatic carbocycles. The van der Waals surface area contributed by atoms with E-state index >= 15 is 4.39 Å². The maximum Gasteiger partial charge on any atom is 0.254 e. The minimum Gasteiger partial charge on any atom is -0.389 e. The number of sulfonamides is 1. The summed E-state index contributed by atoms with van der Waals surface area (Å²) in [6.07, 6.45) is 2.54. The minimum atomic E-state index is -3.89. The van der Waals surface area contributed by atoms with Gasteiger partial charge in [0.05, 0.1) is 29.7 Å². The summed E-state index contributed by atoms with van der Waals surface area (Å²) in [5, 5.41) is 17.1. The molecule has 11 heteroatoms. The standard InChI is InChI=1S/C27H37FN4O5S/c1-5-14-31(2)27(35)19-16-20(24(28)23(17-19)32(3)38(4,36)37)26(34)30-22(15-18-10-7-6-8-11-18)25(33)21-12-9-13-29-21/h6-8,10-11,16-17,21-22,25,29,33H,5,9,12-15H2,1-4H3,(H,30,34)/t21-,22+,25-/m1/s1. The van der Waals surface area contributed by atoms with E-state index in [1.165, 1.54) is 4.90 Å². The Morgan fingerprint density at radius 2 is 1.89 bits per heavy atom. The Hall–Kier alpha value is -3.02. The van der Waals surface area contributed by atoms with Crippen LogP contribution < -0.4 is 14.9 Å². The van der Waals surface area contributed by atoms with Gasteiger partial charge >= 0.3 is 0 Å². The predicted molar refractivity (Wildman–Crippen MR) is 145 cm³/mol. The topological polar surface area (TPSA) is 119 Å². The Morgan fingerprint density at radius 3 is 2.47 bits per heavy atom. The number of amides is 2. The molecule has 9 nitrogen and oxygen atoms in total. The lowest BCUT2D eigenvalue weighted by Gasteiger charge is -2.29. The van der Waals surface area contributed by atoms with Crippen molar-refractivity contribution in [3.8, 4) is 0 Å². The summed E-state index contributed by atoms with van der Waals surface area (Å²) in [5.41, 5.74) is -0.0320. The lowest BCUT2D eigenvalue weighted by Crippen LogP contribution is -2.52. The van der Waals surface area contributed by atoms with Crippen LogP contribution >= 0.6 is 0 Å². The second kappa shape index (κ2) is 12.7. The Bertz CT molecular complexity index is 1240. The number of anilines is 1. The Morgan fingerprint density at radius 1 is 1.21 bits per heavy atom. The van der Waals surface area contributed by atoms with Crippen LogP contribution in [0.15, 0.2) is 42.5 Å². The van der Waals surface area contributed by atoms with Gasteiger partial charge in [0, 0.05) is 32.2 Å². The van der Waals surface area contributed by atoms with E-state index in [0.717, 1.165) is 50.4 Å². The van der Waals surface area contributed by atoms with E-state index in [2.05, 4.69) is 10.6 Å². The first-order valence-corrected chi connectivity index (χ1v) is 14.6. The number of rotatable bonds is 11. The highest BCUT2D eigenvalue weighted by Crippen LogP contribution is 2.27. The van der Waals surface area contributed by atoms with Gasteiger partial charge in [-0.15, -0.1) is 0 Å².